The molecular weight excluding hydrogens is 296 g/mol. The number of aliphatic carboxylic acids is 1. The van der Waals surface area contributed by atoms with Crippen molar-refractivity contribution in [2.24, 2.45) is 0 Å². The van der Waals surface area contributed by atoms with Gasteiger partial charge in [0, 0.05) is 6.04 Å². The largest absolute Gasteiger partial charge is 0.479 e. The second kappa shape index (κ2) is 6.13. The molecule has 1 saturated heterocycles. The van der Waals surface area contributed by atoms with E-state index in [0.717, 1.165) is 0 Å². The van der Waals surface area contributed by atoms with E-state index in [1.165, 1.54) is 0 Å². The smallest absolute Gasteiger partial charge is 0.330 e. The maximum Gasteiger partial charge on any atom is 0.330 e. The van der Waals surface area contributed by atoms with Crippen molar-refractivity contribution in [3.8, 4) is 0 Å². The Kier molecular flexibility index (Phi) is 4.46. The van der Waals surface area contributed by atoms with Crippen LogP contribution in [0.5, 0.6) is 0 Å². The summed E-state index contributed by atoms with van der Waals surface area (Å²) in [6.45, 7) is 0. The van der Waals surface area contributed by atoms with Crippen LogP contribution in [0.15, 0.2) is 30.3 Å². The van der Waals surface area contributed by atoms with Crippen LogP contribution in [0.1, 0.15) is 18.0 Å². The van der Waals surface area contributed by atoms with Crippen molar-refractivity contribution in [2.45, 2.75) is 18.5 Å². The van der Waals surface area contributed by atoms with E-state index in [1.54, 1.807) is 30.3 Å². The van der Waals surface area contributed by atoms with E-state index in [1.807, 2.05) is 0 Å². The molecule has 2 unspecified atom stereocenters. The topological polar surface area (TPSA) is 113 Å². The van der Waals surface area contributed by atoms with Crippen LogP contribution in [0.3, 0.4) is 0 Å². The number of nitrogens with one attached hydrogen (secondary N) is 2. The Morgan fingerprint density at radius 1 is 1.24 bits per heavy atom. The summed E-state index contributed by atoms with van der Waals surface area (Å²) in [6, 6.07) is 5.95. The molecule has 3 N–H and O–H groups in total. The van der Waals surface area contributed by atoms with E-state index in [0.29, 0.717) is 12.0 Å². The molecule has 7 nitrogen and oxygen atoms in total. The zero-order chi connectivity index (χ0) is 15.5. The van der Waals surface area contributed by atoms with Crippen molar-refractivity contribution < 1.29 is 23.1 Å². The van der Waals surface area contributed by atoms with Gasteiger partial charge in [-0.2, -0.15) is 0 Å². The van der Waals surface area contributed by atoms with Crippen molar-refractivity contribution in [3.63, 3.8) is 0 Å². The lowest BCUT2D eigenvalue weighted by atomic mass is 10.1. The lowest BCUT2D eigenvalue weighted by Crippen LogP contribution is -2.45. The zero-order valence-corrected chi connectivity index (χ0v) is 12.0. The lowest BCUT2D eigenvalue weighted by Gasteiger charge is -2.17. The highest BCUT2D eigenvalue weighted by Crippen LogP contribution is 2.14. The van der Waals surface area contributed by atoms with Gasteiger partial charge in [-0.05, 0) is 12.0 Å². The number of hydrogen-bond donors (Lipinski definition) is 3. The molecule has 1 aromatic rings. The first kappa shape index (κ1) is 15.3. The highest BCUT2D eigenvalue weighted by atomic mass is 32.2. The molecule has 8 heteroatoms. The molecule has 0 bridgehead atoms. The van der Waals surface area contributed by atoms with Gasteiger partial charge in [0.05, 0.1) is 11.5 Å². The van der Waals surface area contributed by atoms with Crippen LogP contribution in [-0.2, 0) is 14.6 Å². The lowest BCUT2D eigenvalue weighted by molar-refractivity contribution is -0.139. The Balaban J connectivity index is 1.98. The number of carbonyl (C=O) groups excluding carboxylic acids is 1. The molecule has 0 radical (unpaired) electrons. The highest BCUT2D eigenvalue weighted by molar-refractivity contribution is 7.91. The predicted molar refractivity (Wildman–Crippen MR) is 75.5 cm³/mol. The fourth-order valence-corrected chi connectivity index (χ4v) is 3.87. The normalized spacial score (nSPS) is 21.4. The van der Waals surface area contributed by atoms with Crippen LogP contribution in [0, 0.1) is 0 Å². The van der Waals surface area contributed by atoms with Gasteiger partial charge < -0.3 is 15.7 Å². The van der Waals surface area contributed by atoms with Gasteiger partial charge in [-0.1, -0.05) is 30.3 Å². The first-order valence-corrected chi connectivity index (χ1v) is 8.25. The van der Waals surface area contributed by atoms with E-state index in [-0.39, 0.29) is 11.5 Å². The van der Waals surface area contributed by atoms with E-state index < -0.39 is 33.9 Å². The predicted octanol–water partition coefficient (Wildman–Crippen LogP) is 0.299. The van der Waals surface area contributed by atoms with Gasteiger partial charge in [0.2, 0.25) is 0 Å². The number of amides is 2. The molecule has 2 rings (SSSR count). The average Bonchev–Trinajstić information content (AvgIpc) is 2.76. The van der Waals surface area contributed by atoms with Crippen LogP contribution in [0.25, 0.3) is 0 Å². The standard InChI is InChI=1S/C13H16N2O5S/c16-12(17)11(9-4-2-1-3-5-9)15-13(18)14-10-6-7-21(19,20)8-10/h1-5,10-11H,6-8H2,(H,16,17)(H2,14,15,18). The first-order valence-electron chi connectivity index (χ1n) is 6.42. The zero-order valence-electron chi connectivity index (χ0n) is 11.2. The second-order valence-electron chi connectivity index (χ2n) is 4.90. The summed E-state index contributed by atoms with van der Waals surface area (Å²) in [6.07, 6.45) is 0.346. The summed E-state index contributed by atoms with van der Waals surface area (Å²) in [5.74, 6) is -1.25. The van der Waals surface area contributed by atoms with Crippen molar-refractivity contribution >= 4 is 21.8 Å². The number of sulfone groups is 1. The van der Waals surface area contributed by atoms with Gasteiger partial charge >= 0.3 is 12.0 Å². The summed E-state index contributed by atoms with van der Waals surface area (Å²) in [5.41, 5.74) is 0.444. The van der Waals surface area contributed by atoms with Crippen molar-refractivity contribution in [1.82, 2.24) is 10.6 Å². The number of hydrogen-bond acceptors (Lipinski definition) is 4. The van der Waals surface area contributed by atoms with Gasteiger partial charge in [-0.3, -0.25) is 0 Å². The summed E-state index contributed by atoms with van der Waals surface area (Å²) >= 11 is 0. The van der Waals surface area contributed by atoms with Gasteiger partial charge in [-0.15, -0.1) is 0 Å². The third-order valence-electron chi connectivity index (χ3n) is 3.22. The van der Waals surface area contributed by atoms with Crippen molar-refractivity contribution in [3.05, 3.63) is 35.9 Å². The van der Waals surface area contributed by atoms with Crippen molar-refractivity contribution in [2.75, 3.05) is 11.5 Å². The molecule has 0 saturated carbocycles. The van der Waals surface area contributed by atoms with Gasteiger partial charge in [0.15, 0.2) is 15.9 Å². The molecular formula is C13H16N2O5S. The SMILES string of the molecule is O=C(NC1CCS(=O)(=O)C1)NC(C(=O)O)c1ccccc1. The Hall–Kier alpha value is -2.09. The van der Waals surface area contributed by atoms with Crippen LogP contribution in [0.2, 0.25) is 0 Å². The Morgan fingerprint density at radius 2 is 1.90 bits per heavy atom. The molecule has 21 heavy (non-hydrogen) atoms. The molecule has 0 spiro atoms. The summed E-state index contributed by atoms with van der Waals surface area (Å²) in [7, 11) is -3.10. The monoisotopic (exact) mass is 312 g/mol. The molecule has 2 atom stereocenters. The fourth-order valence-electron chi connectivity index (χ4n) is 2.20. The molecule has 0 aliphatic carbocycles. The van der Waals surface area contributed by atoms with E-state index in [2.05, 4.69) is 10.6 Å². The maximum absolute atomic E-state index is 11.8. The van der Waals surface area contributed by atoms with Gasteiger partial charge in [0.1, 0.15) is 0 Å². The number of rotatable bonds is 4. The molecule has 2 amide bonds. The van der Waals surface area contributed by atoms with Crippen LogP contribution in [0.4, 0.5) is 4.79 Å². The third-order valence-corrected chi connectivity index (χ3v) is 4.99. The van der Waals surface area contributed by atoms with Crippen molar-refractivity contribution in [1.29, 1.82) is 0 Å². The number of urea groups is 1. The molecule has 1 aliphatic heterocycles. The average molecular weight is 312 g/mol. The minimum Gasteiger partial charge on any atom is -0.479 e. The number of benzene rings is 1. The molecule has 0 aromatic heterocycles. The maximum atomic E-state index is 11.8. The van der Waals surface area contributed by atoms with Crippen LogP contribution in [-0.4, -0.2) is 43.1 Å². The quantitative estimate of drug-likeness (QED) is 0.740. The summed E-state index contributed by atoms with van der Waals surface area (Å²) in [4.78, 5) is 23.1. The first-order chi connectivity index (χ1) is 9.87. The number of carbonyl (C=O) groups is 2. The molecule has 114 valence electrons. The van der Waals surface area contributed by atoms with E-state index in [9.17, 15) is 23.1 Å². The molecule has 1 fully saturated rings. The van der Waals surface area contributed by atoms with Gasteiger partial charge in [0.25, 0.3) is 0 Å². The fraction of sp³-hybridized carbons (Fsp3) is 0.385. The van der Waals surface area contributed by atoms with E-state index in [4.69, 9.17) is 0 Å². The van der Waals surface area contributed by atoms with Gasteiger partial charge in [-0.25, -0.2) is 18.0 Å². The van der Waals surface area contributed by atoms with E-state index >= 15 is 0 Å². The molecule has 1 aromatic carbocycles. The Labute approximate surface area is 122 Å². The third kappa shape index (κ3) is 4.19. The summed E-state index contributed by atoms with van der Waals surface area (Å²) < 4.78 is 22.6. The van der Waals surface area contributed by atoms with Crippen LogP contribution >= 0.6 is 0 Å². The summed E-state index contributed by atoms with van der Waals surface area (Å²) in [5, 5.41) is 14.0. The van der Waals surface area contributed by atoms with Crippen LogP contribution < -0.4 is 10.6 Å². The number of carboxylic acid groups (broad SMARTS) is 1. The second-order valence-corrected chi connectivity index (χ2v) is 7.13. The Bertz CT molecular complexity index is 629. The minimum atomic E-state index is -3.10. The minimum absolute atomic E-state index is 0.0407. The number of carboxylic acids is 1. The molecule has 1 heterocycles. The highest BCUT2D eigenvalue weighted by Gasteiger charge is 2.30. The molecule has 1 aliphatic rings. The Morgan fingerprint density at radius 3 is 2.43 bits per heavy atom.